The molecular weight excluding hydrogens is 484 g/mol. The molecule has 0 radical (unpaired) electrons. The smallest absolute Gasteiger partial charge is 0.281 e. The summed E-state index contributed by atoms with van der Waals surface area (Å²) in [5.74, 6) is 1.55. The van der Waals surface area contributed by atoms with Crippen LogP contribution in [0.5, 0.6) is 0 Å². The molecule has 3 fully saturated rings. The average molecular weight is 529 g/mol. The summed E-state index contributed by atoms with van der Waals surface area (Å²) in [6, 6.07) is 19.0. The third-order valence-electron chi connectivity index (χ3n) is 9.51. The highest BCUT2D eigenvalue weighted by atomic mass is 16.5. The number of amides is 1. The summed E-state index contributed by atoms with van der Waals surface area (Å²) in [4.78, 5) is 19.2. The van der Waals surface area contributed by atoms with Gasteiger partial charge in [0.25, 0.3) is 5.91 Å². The topological polar surface area (TPSA) is 48.4 Å². The van der Waals surface area contributed by atoms with E-state index in [1.807, 2.05) is 19.2 Å². The number of carbonyl (C=O) groups is 1. The van der Waals surface area contributed by atoms with E-state index in [0.29, 0.717) is 0 Å². The van der Waals surface area contributed by atoms with Crippen molar-refractivity contribution in [2.24, 2.45) is 16.9 Å². The van der Waals surface area contributed by atoms with Gasteiger partial charge < -0.3 is 9.64 Å². The van der Waals surface area contributed by atoms with Crippen molar-refractivity contribution in [2.75, 3.05) is 37.7 Å². The van der Waals surface area contributed by atoms with Crippen LogP contribution in [-0.2, 0) is 22.4 Å². The summed E-state index contributed by atoms with van der Waals surface area (Å²) in [6.45, 7) is 9.23. The monoisotopic (exact) mass is 528 g/mol. The molecule has 2 aliphatic carbocycles. The van der Waals surface area contributed by atoms with Crippen LogP contribution in [0, 0.1) is 11.8 Å². The fourth-order valence-corrected chi connectivity index (χ4v) is 6.76. The number of carbonyl (C=O) groups excluding carboxylic acids is 1. The van der Waals surface area contributed by atoms with Gasteiger partial charge in [0.2, 0.25) is 0 Å². The van der Waals surface area contributed by atoms with Crippen LogP contribution >= 0.6 is 0 Å². The van der Waals surface area contributed by atoms with Gasteiger partial charge in [-0.3, -0.25) is 9.69 Å². The lowest BCUT2D eigenvalue weighted by atomic mass is 9.91. The van der Waals surface area contributed by atoms with E-state index >= 15 is 0 Å². The highest BCUT2D eigenvalue weighted by Crippen LogP contribution is 2.41. The number of anilines is 1. The third kappa shape index (κ3) is 5.98. The molecule has 208 valence electrons. The Bertz CT molecular complexity index is 1160. The first-order valence-electron chi connectivity index (χ1n) is 15.2. The molecular formula is C33H44N4O2. The summed E-state index contributed by atoms with van der Waals surface area (Å²) in [7, 11) is 0. The van der Waals surface area contributed by atoms with Gasteiger partial charge in [0.1, 0.15) is 0 Å². The standard InChI is InChI=1S/C33H44N4O2/c1-25-21-28(25)22-27-11-8-12-29(23-27)37-32(38)33(2,39-30-13-6-7-14-30)31(24-34-37)36-19-17-35(18-20-36)16-15-26-9-4-3-5-10-26/h3-5,8-12,23-25,28,30-31H,6-7,13-22H2,1-2H3/t25?,28-,31?,33?/m1/s1. The summed E-state index contributed by atoms with van der Waals surface area (Å²) in [5, 5.41) is 6.39. The number of benzene rings is 2. The van der Waals surface area contributed by atoms with E-state index in [1.54, 1.807) is 5.01 Å². The van der Waals surface area contributed by atoms with Crippen LogP contribution in [0.15, 0.2) is 59.7 Å². The van der Waals surface area contributed by atoms with Gasteiger partial charge in [-0.1, -0.05) is 62.2 Å². The van der Waals surface area contributed by atoms with Crippen molar-refractivity contribution < 1.29 is 9.53 Å². The SMILES string of the molecule is CC1C[C@@H]1Cc1cccc(N2N=CC(N3CCN(CCc4ccccc4)CC3)C(C)(OC3CCCC3)C2=O)c1. The first-order chi connectivity index (χ1) is 19.0. The lowest BCUT2D eigenvalue weighted by Gasteiger charge is -2.48. The first kappa shape index (κ1) is 26.7. The van der Waals surface area contributed by atoms with E-state index in [1.165, 1.54) is 30.4 Å². The fourth-order valence-electron chi connectivity index (χ4n) is 6.76. The molecule has 39 heavy (non-hydrogen) atoms. The summed E-state index contributed by atoms with van der Waals surface area (Å²) >= 11 is 0. The molecule has 0 aromatic heterocycles. The van der Waals surface area contributed by atoms with Gasteiger partial charge in [-0.05, 0) is 74.1 Å². The van der Waals surface area contributed by atoms with Crippen molar-refractivity contribution in [2.45, 2.75) is 76.5 Å². The predicted molar refractivity (Wildman–Crippen MR) is 157 cm³/mol. The first-order valence-corrected chi connectivity index (χ1v) is 15.2. The highest BCUT2D eigenvalue weighted by Gasteiger charge is 2.52. The summed E-state index contributed by atoms with van der Waals surface area (Å²) < 4.78 is 6.78. The van der Waals surface area contributed by atoms with Crippen LogP contribution in [0.2, 0.25) is 0 Å². The zero-order valence-corrected chi connectivity index (χ0v) is 23.7. The number of nitrogens with zero attached hydrogens (tertiary/aromatic N) is 4. The van der Waals surface area contributed by atoms with E-state index in [9.17, 15) is 4.79 Å². The van der Waals surface area contributed by atoms with Crippen molar-refractivity contribution in [1.82, 2.24) is 9.80 Å². The van der Waals surface area contributed by atoms with Crippen molar-refractivity contribution >= 4 is 17.8 Å². The van der Waals surface area contributed by atoms with Crippen molar-refractivity contribution in [1.29, 1.82) is 0 Å². The van der Waals surface area contributed by atoms with Gasteiger partial charge in [-0.15, -0.1) is 0 Å². The predicted octanol–water partition coefficient (Wildman–Crippen LogP) is 5.16. The lowest BCUT2D eigenvalue weighted by molar-refractivity contribution is -0.159. The Kier molecular flexibility index (Phi) is 7.88. The molecule has 2 heterocycles. The zero-order chi connectivity index (χ0) is 26.8. The van der Waals surface area contributed by atoms with Crippen LogP contribution in [-0.4, -0.2) is 72.4 Å². The van der Waals surface area contributed by atoms with Crippen molar-refractivity contribution in [3.63, 3.8) is 0 Å². The number of hydrogen-bond acceptors (Lipinski definition) is 5. The lowest BCUT2D eigenvalue weighted by Crippen LogP contribution is -2.67. The minimum atomic E-state index is -0.954. The number of ether oxygens (including phenoxy) is 1. The molecule has 2 aliphatic heterocycles. The van der Waals surface area contributed by atoms with E-state index in [2.05, 4.69) is 65.3 Å². The molecule has 0 N–H and O–H groups in total. The maximum Gasteiger partial charge on any atom is 0.281 e. The number of hydrazone groups is 1. The fraction of sp³-hybridized carbons (Fsp3) is 0.576. The minimum Gasteiger partial charge on any atom is -0.360 e. The zero-order valence-electron chi connectivity index (χ0n) is 23.7. The van der Waals surface area contributed by atoms with Crippen LogP contribution in [0.1, 0.15) is 57.1 Å². The Morgan fingerprint density at radius 2 is 1.69 bits per heavy atom. The van der Waals surface area contributed by atoms with E-state index in [-0.39, 0.29) is 18.1 Å². The van der Waals surface area contributed by atoms with Gasteiger partial charge in [-0.2, -0.15) is 10.1 Å². The van der Waals surface area contributed by atoms with E-state index in [4.69, 9.17) is 9.84 Å². The van der Waals surface area contributed by atoms with Crippen LogP contribution in [0.4, 0.5) is 5.69 Å². The van der Waals surface area contributed by atoms with Crippen LogP contribution in [0.3, 0.4) is 0 Å². The molecule has 2 aromatic rings. The van der Waals surface area contributed by atoms with Gasteiger partial charge >= 0.3 is 0 Å². The molecule has 1 amide bonds. The molecule has 0 spiro atoms. The van der Waals surface area contributed by atoms with Crippen molar-refractivity contribution in [3.05, 3.63) is 65.7 Å². The van der Waals surface area contributed by atoms with Crippen LogP contribution in [0.25, 0.3) is 0 Å². The Labute approximate surface area is 234 Å². The largest absolute Gasteiger partial charge is 0.360 e. The van der Waals surface area contributed by atoms with Gasteiger partial charge in [0.15, 0.2) is 5.60 Å². The number of rotatable bonds is 9. The Morgan fingerprint density at radius 1 is 0.974 bits per heavy atom. The molecule has 4 atom stereocenters. The Balaban J connectivity index is 1.17. The maximum absolute atomic E-state index is 14.3. The summed E-state index contributed by atoms with van der Waals surface area (Å²) in [6.07, 6.45) is 10.0. The number of hydrogen-bond donors (Lipinski definition) is 0. The molecule has 4 aliphatic rings. The van der Waals surface area contributed by atoms with Crippen molar-refractivity contribution in [3.8, 4) is 0 Å². The van der Waals surface area contributed by atoms with Gasteiger partial charge in [-0.25, -0.2) is 0 Å². The highest BCUT2D eigenvalue weighted by molar-refractivity contribution is 6.05. The average Bonchev–Trinajstić information content (AvgIpc) is 3.40. The maximum atomic E-state index is 14.3. The molecule has 2 aromatic carbocycles. The third-order valence-corrected chi connectivity index (χ3v) is 9.51. The second-order valence-corrected chi connectivity index (χ2v) is 12.4. The normalized spacial score (nSPS) is 30.3. The van der Waals surface area contributed by atoms with Gasteiger partial charge in [0.05, 0.1) is 17.8 Å². The second-order valence-electron chi connectivity index (χ2n) is 12.4. The second kappa shape index (κ2) is 11.5. The van der Waals surface area contributed by atoms with Gasteiger partial charge in [0, 0.05) is 38.9 Å². The molecule has 6 heteroatoms. The molecule has 6 rings (SSSR count). The van der Waals surface area contributed by atoms with E-state index in [0.717, 1.165) is 75.9 Å². The Hall–Kier alpha value is -2.54. The minimum absolute atomic E-state index is 0.0367. The number of piperazine rings is 1. The molecule has 3 unspecified atom stereocenters. The van der Waals surface area contributed by atoms with E-state index < -0.39 is 5.60 Å². The summed E-state index contributed by atoms with van der Waals surface area (Å²) in [5.41, 5.74) is 2.58. The molecule has 0 bridgehead atoms. The molecule has 2 saturated carbocycles. The Morgan fingerprint density at radius 3 is 2.41 bits per heavy atom. The molecule has 6 nitrogen and oxygen atoms in total. The quantitative estimate of drug-likeness (QED) is 0.451. The van der Waals surface area contributed by atoms with Crippen LogP contribution < -0.4 is 5.01 Å². The molecule has 1 saturated heterocycles.